The first-order valence-electron chi connectivity index (χ1n) is 2.47. The fourth-order valence-corrected chi connectivity index (χ4v) is 1.40. The van der Waals surface area contributed by atoms with E-state index in [0.717, 1.165) is 5.56 Å². The number of nitrogens with zero attached hydrogens (tertiary/aromatic N) is 2. The van der Waals surface area contributed by atoms with E-state index in [1.54, 1.807) is 6.07 Å². The molecule has 0 radical (unpaired) electrons. The standard InChI is InChI=1S/C5H3BrCl2N2/c6-2-3-1-4(7)9-10-5(3)8/h1H,2H2. The Morgan fingerprint density at radius 3 is 2.60 bits per heavy atom. The monoisotopic (exact) mass is 240 g/mol. The molecule has 10 heavy (non-hydrogen) atoms. The van der Waals surface area contributed by atoms with Gasteiger partial charge in [-0.25, -0.2) is 0 Å². The lowest BCUT2D eigenvalue weighted by Crippen LogP contribution is -1.88. The second-order valence-electron chi connectivity index (χ2n) is 1.62. The summed E-state index contributed by atoms with van der Waals surface area (Å²) < 4.78 is 0. The zero-order valence-corrected chi connectivity index (χ0v) is 7.91. The van der Waals surface area contributed by atoms with Gasteiger partial charge in [-0.2, -0.15) is 0 Å². The summed E-state index contributed by atoms with van der Waals surface area (Å²) in [6, 6.07) is 1.67. The first-order valence-corrected chi connectivity index (χ1v) is 4.35. The molecular formula is C5H3BrCl2N2. The molecule has 0 aliphatic heterocycles. The molecule has 0 aliphatic carbocycles. The molecule has 1 heterocycles. The predicted molar refractivity (Wildman–Crippen MR) is 44.7 cm³/mol. The van der Waals surface area contributed by atoms with E-state index in [2.05, 4.69) is 26.1 Å². The first-order chi connectivity index (χ1) is 4.74. The summed E-state index contributed by atoms with van der Waals surface area (Å²) in [6.07, 6.45) is 0. The van der Waals surface area contributed by atoms with Gasteiger partial charge in [-0.05, 0) is 6.07 Å². The van der Waals surface area contributed by atoms with Gasteiger partial charge in [-0.15, -0.1) is 10.2 Å². The Balaban J connectivity index is 3.09. The number of hydrogen-bond donors (Lipinski definition) is 0. The maximum absolute atomic E-state index is 5.63. The van der Waals surface area contributed by atoms with Crippen LogP contribution in [0.4, 0.5) is 0 Å². The SMILES string of the molecule is Clc1cc(CBr)c(Cl)nn1. The fourth-order valence-electron chi connectivity index (χ4n) is 0.482. The summed E-state index contributed by atoms with van der Waals surface area (Å²) in [5.74, 6) is 0. The third-order valence-electron chi connectivity index (χ3n) is 0.936. The van der Waals surface area contributed by atoms with Crippen molar-refractivity contribution in [1.82, 2.24) is 10.2 Å². The lowest BCUT2D eigenvalue weighted by molar-refractivity contribution is 1.01. The van der Waals surface area contributed by atoms with Gasteiger partial charge in [0.15, 0.2) is 10.3 Å². The Hall–Kier alpha value is 0.140. The van der Waals surface area contributed by atoms with E-state index in [0.29, 0.717) is 15.6 Å². The smallest absolute Gasteiger partial charge is 0.137 e. The van der Waals surface area contributed by atoms with E-state index in [4.69, 9.17) is 23.2 Å². The molecule has 0 fully saturated rings. The molecule has 0 bridgehead atoms. The number of rotatable bonds is 1. The molecule has 5 heteroatoms. The Labute approximate surface area is 76.7 Å². The summed E-state index contributed by atoms with van der Waals surface area (Å²) in [7, 11) is 0. The highest BCUT2D eigenvalue weighted by Gasteiger charge is 2.00. The van der Waals surface area contributed by atoms with Crippen molar-refractivity contribution < 1.29 is 0 Å². The molecule has 1 aromatic rings. The van der Waals surface area contributed by atoms with Crippen LogP contribution in [-0.4, -0.2) is 10.2 Å². The second-order valence-corrected chi connectivity index (χ2v) is 2.92. The molecule has 0 atom stereocenters. The number of halogens is 3. The molecule has 0 N–H and O–H groups in total. The minimum absolute atomic E-state index is 0.360. The highest BCUT2D eigenvalue weighted by atomic mass is 79.9. The zero-order valence-electron chi connectivity index (χ0n) is 4.81. The molecular weight excluding hydrogens is 239 g/mol. The van der Waals surface area contributed by atoms with Crippen molar-refractivity contribution >= 4 is 39.1 Å². The van der Waals surface area contributed by atoms with Crippen molar-refractivity contribution in [3.05, 3.63) is 21.9 Å². The van der Waals surface area contributed by atoms with Gasteiger partial charge in [0.2, 0.25) is 0 Å². The van der Waals surface area contributed by atoms with Crippen LogP contribution in [0, 0.1) is 0 Å². The van der Waals surface area contributed by atoms with Gasteiger partial charge in [0.1, 0.15) is 0 Å². The van der Waals surface area contributed by atoms with E-state index in [-0.39, 0.29) is 0 Å². The molecule has 0 unspecified atom stereocenters. The molecule has 1 rings (SSSR count). The van der Waals surface area contributed by atoms with E-state index in [1.165, 1.54) is 0 Å². The minimum atomic E-state index is 0.360. The summed E-state index contributed by atoms with van der Waals surface area (Å²) in [4.78, 5) is 0. The maximum atomic E-state index is 5.63. The van der Waals surface area contributed by atoms with Gasteiger partial charge in [-0.1, -0.05) is 39.1 Å². The lowest BCUT2D eigenvalue weighted by atomic mass is 10.4. The summed E-state index contributed by atoms with van der Waals surface area (Å²) >= 11 is 14.4. The van der Waals surface area contributed by atoms with Crippen LogP contribution in [0.3, 0.4) is 0 Å². The van der Waals surface area contributed by atoms with Crippen molar-refractivity contribution in [1.29, 1.82) is 0 Å². The topological polar surface area (TPSA) is 25.8 Å². The van der Waals surface area contributed by atoms with Crippen LogP contribution in [0.5, 0.6) is 0 Å². The Morgan fingerprint density at radius 1 is 1.40 bits per heavy atom. The van der Waals surface area contributed by atoms with Crippen LogP contribution in [0.15, 0.2) is 6.07 Å². The zero-order chi connectivity index (χ0) is 7.56. The normalized spacial score (nSPS) is 9.90. The molecule has 0 spiro atoms. The van der Waals surface area contributed by atoms with Crippen molar-refractivity contribution in [2.24, 2.45) is 0 Å². The quantitative estimate of drug-likeness (QED) is 0.707. The van der Waals surface area contributed by atoms with Gasteiger partial charge in [-0.3, -0.25) is 0 Å². The lowest BCUT2D eigenvalue weighted by Gasteiger charge is -1.95. The van der Waals surface area contributed by atoms with Crippen LogP contribution >= 0.6 is 39.1 Å². The number of aromatic nitrogens is 2. The molecule has 0 amide bonds. The minimum Gasteiger partial charge on any atom is -0.137 e. The van der Waals surface area contributed by atoms with Crippen LogP contribution in [-0.2, 0) is 5.33 Å². The van der Waals surface area contributed by atoms with Crippen LogP contribution < -0.4 is 0 Å². The third-order valence-corrected chi connectivity index (χ3v) is 2.04. The van der Waals surface area contributed by atoms with Crippen molar-refractivity contribution in [2.75, 3.05) is 0 Å². The molecule has 1 aromatic heterocycles. The Bertz CT molecular complexity index is 241. The average molecular weight is 242 g/mol. The van der Waals surface area contributed by atoms with E-state index < -0.39 is 0 Å². The van der Waals surface area contributed by atoms with Gasteiger partial charge in [0.05, 0.1) is 0 Å². The molecule has 0 aromatic carbocycles. The number of alkyl halides is 1. The molecule has 0 saturated carbocycles. The van der Waals surface area contributed by atoms with Gasteiger partial charge in [0, 0.05) is 10.9 Å². The molecule has 0 aliphatic rings. The summed E-state index contributed by atoms with van der Waals surface area (Å²) in [5.41, 5.74) is 0.849. The van der Waals surface area contributed by atoms with Crippen molar-refractivity contribution in [2.45, 2.75) is 5.33 Å². The van der Waals surface area contributed by atoms with Crippen molar-refractivity contribution in [3.8, 4) is 0 Å². The van der Waals surface area contributed by atoms with Gasteiger partial charge < -0.3 is 0 Å². The van der Waals surface area contributed by atoms with Gasteiger partial charge >= 0.3 is 0 Å². The highest BCUT2D eigenvalue weighted by Crippen LogP contribution is 2.17. The van der Waals surface area contributed by atoms with Crippen molar-refractivity contribution in [3.63, 3.8) is 0 Å². The largest absolute Gasteiger partial charge is 0.155 e. The van der Waals surface area contributed by atoms with E-state index in [1.807, 2.05) is 0 Å². The number of hydrogen-bond acceptors (Lipinski definition) is 2. The summed E-state index contributed by atoms with van der Waals surface area (Å²) in [5, 5.41) is 8.54. The molecule has 0 saturated heterocycles. The van der Waals surface area contributed by atoms with E-state index >= 15 is 0 Å². The average Bonchev–Trinajstić information content (AvgIpc) is 1.94. The third kappa shape index (κ3) is 1.81. The van der Waals surface area contributed by atoms with Crippen LogP contribution in [0.1, 0.15) is 5.56 Å². The fraction of sp³-hybridized carbons (Fsp3) is 0.200. The van der Waals surface area contributed by atoms with Crippen LogP contribution in [0.2, 0.25) is 10.3 Å². The Morgan fingerprint density at radius 2 is 2.10 bits per heavy atom. The maximum Gasteiger partial charge on any atom is 0.155 e. The second kappa shape index (κ2) is 3.51. The Kier molecular flexibility index (Phi) is 2.89. The predicted octanol–water partition coefficient (Wildman–Crippen LogP) is 2.68. The van der Waals surface area contributed by atoms with Crippen LogP contribution in [0.25, 0.3) is 0 Å². The summed E-state index contributed by atoms with van der Waals surface area (Å²) in [6.45, 7) is 0. The molecule has 2 nitrogen and oxygen atoms in total. The van der Waals surface area contributed by atoms with E-state index in [9.17, 15) is 0 Å². The van der Waals surface area contributed by atoms with Gasteiger partial charge in [0.25, 0.3) is 0 Å². The molecule has 54 valence electrons. The highest BCUT2D eigenvalue weighted by molar-refractivity contribution is 9.08. The first kappa shape index (κ1) is 8.24.